The third-order valence-corrected chi connectivity index (χ3v) is 3.51. The highest BCUT2D eigenvalue weighted by atomic mass is 79.9. The van der Waals surface area contributed by atoms with Gasteiger partial charge >= 0.3 is 0 Å². The molecule has 2 nitrogen and oxygen atoms in total. The Morgan fingerprint density at radius 2 is 2.08 bits per heavy atom. The van der Waals surface area contributed by atoms with Crippen LogP contribution in [0.2, 0.25) is 0 Å². The highest BCUT2D eigenvalue weighted by Gasteiger charge is 2.07. The minimum absolute atomic E-state index is 0.990. The zero-order valence-electron chi connectivity index (χ0n) is 7.27. The Kier molecular flexibility index (Phi) is 3.77. The number of aryl methyl sites for hydroxylation is 2. The van der Waals surface area contributed by atoms with Gasteiger partial charge in [-0.15, -0.1) is 0 Å². The van der Waals surface area contributed by atoms with E-state index in [1.165, 1.54) is 5.69 Å². The van der Waals surface area contributed by atoms with Crippen LogP contribution in [0.3, 0.4) is 0 Å². The molecule has 0 bridgehead atoms. The van der Waals surface area contributed by atoms with Crippen molar-refractivity contribution in [3.05, 3.63) is 15.9 Å². The van der Waals surface area contributed by atoms with Gasteiger partial charge in [-0.25, -0.2) is 0 Å². The van der Waals surface area contributed by atoms with Gasteiger partial charge in [-0.3, -0.25) is 4.68 Å². The summed E-state index contributed by atoms with van der Waals surface area (Å²) < 4.78 is 3.18. The molecule has 1 rings (SSSR count). The Balaban J connectivity index is 2.79. The molecule has 0 atom stereocenters. The van der Waals surface area contributed by atoms with Crippen LogP contribution in [0.1, 0.15) is 17.8 Å². The molecule has 0 aliphatic rings. The molecular formula is C8H12Br2N2. The van der Waals surface area contributed by atoms with Crippen LogP contribution in [-0.4, -0.2) is 15.1 Å². The second-order valence-electron chi connectivity index (χ2n) is 2.75. The first kappa shape index (κ1) is 10.3. The van der Waals surface area contributed by atoms with Crippen molar-refractivity contribution in [2.24, 2.45) is 0 Å². The van der Waals surface area contributed by atoms with E-state index < -0.39 is 0 Å². The van der Waals surface area contributed by atoms with Gasteiger partial charge in [-0.05, 0) is 36.2 Å². The lowest BCUT2D eigenvalue weighted by molar-refractivity contribution is 0.587. The standard InChI is InChI=1S/C8H12Br2N2/c1-6-8(10)7(2)12(11-6)5-3-4-9/h3-5H2,1-2H3. The van der Waals surface area contributed by atoms with E-state index in [1.807, 2.05) is 11.6 Å². The van der Waals surface area contributed by atoms with Crippen molar-refractivity contribution in [2.75, 3.05) is 5.33 Å². The molecule has 4 heteroatoms. The Morgan fingerprint density at radius 3 is 2.50 bits per heavy atom. The summed E-state index contributed by atoms with van der Waals surface area (Å²) in [5, 5.41) is 5.43. The fraction of sp³-hybridized carbons (Fsp3) is 0.625. The van der Waals surface area contributed by atoms with Crippen LogP contribution < -0.4 is 0 Å². The Labute approximate surface area is 89.6 Å². The van der Waals surface area contributed by atoms with Crippen LogP contribution in [0, 0.1) is 13.8 Å². The lowest BCUT2D eigenvalue weighted by atomic mass is 10.4. The first-order chi connectivity index (χ1) is 5.66. The number of halogens is 2. The molecule has 1 aromatic rings. The molecule has 0 N–H and O–H groups in total. The van der Waals surface area contributed by atoms with Crippen LogP contribution in [0.5, 0.6) is 0 Å². The van der Waals surface area contributed by atoms with Crippen LogP contribution >= 0.6 is 31.9 Å². The molecule has 0 aliphatic carbocycles. The van der Waals surface area contributed by atoms with Crippen molar-refractivity contribution in [2.45, 2.75) is 26.8 Å². The van der Waals surface area contributed by atoms with E-state index in [0.29, 0.717) is 0 Å². The van der Waals surface area contributed by atoms with Crippen molar-refractivity contribution in [3.8, 4) is 0 Å². The largest absolute Gasteiger partial charge is 0.268 e. The molecule has 0 saturated heterocycles. The predicted octanol–water partition coefficient (Wildman–Crippen LogP) is 3.05. The van der Waals surface area contributed by atoms with Crippen molar-refractivity contribution in [3.63, 3.8) is 0 Å². The van der Waals surface area contributed by atoms with Gasteiger partial charge in [0.25, 0.3) is 0 Å². The molecule has 0 aromatic carbocycles. The van der Waals surface area contributed by atoms with Crippen LogP contribution in [-0.2, 0) is 6.54 Å². The van der Waals surface area contributed by atoms with Gasteiger partial charge in [0.2, 0.25) is 0 Å². The first-order valence-electron chi connectivity index (χ1n) is 3.92. The Morgan fingerprint density at radius 1 is 1.42 bits per heavy atom. The lowest BCUT2D eigenvalue weighted by Gasteiger charge is -2.01. The fourth-order valence-electron chi connectivity index (χ4n) is 1.10. The van der Waals surface area contributed by atoms with Gasteiger partial charge < -0.3 is 0 Å². The zero-order valence-corrected chi connectivity index (χ0v) is 10.4. The molecule has 68 valence electrons. The molecule has 0 amide bonds. The topological polar surface area (TPSA) is 17.8 Å². The maximum Gasteiger partial charge on any atom is 0.0738 e. The lowest BCUT2D eigenvalue weighted by Crippen LogP contribution is -2.02. The van der Waals surface area contributed by atoms with Crippen molar-refractivity contribution >= 4 is 31.9 Å². The van der Waals surface area contributed by atoms with Crippen LogP contribution in [0.4, 0.5) is 0 Å². The summed E-state index contributed by atoms with van der Waals surface area (Å²) in [5.41, 5.74) is 2.29. The van der Waals surface area contributed by atoms with E-state index in [9.17, 15) is 0 Å². The molecule has 1 heterocycles. The Bertz CT molecular complexity index is 268. The minimum atomic E-state index is 0.990. The molecule has 0 saturated carbocycles. The number of hydrogen-bond donors (Lipinski definition) is 0. The predicted molar refractivity (Wildman–Crippen MR) is 57.8 cm³/mol. The molecule has 0 unspecified atom stereocenters. The SMILES string of the molecule is Cc1nn(CCCBr)c(C)c1Br. The number of hydrogen-bond acceptors (Lipinski definition) is 1. The summed E-state index contributed by atoms with van der Waals surface area (Å²) >= 11 is 6.90. The van der Waals surface area contributed by atoms with Crippen molar-refractivity contribution < 1.29 is 0 Å². The summed E-state index contributed by atoms with van der Waals surface area (Å²) in [6.45, 7) is 5.09. The summed E-state index contributed by atoms with van der Waals surface area (Å²) in [6.07, 6.45) is 1.12. The monoisotopic (exact) mass is 294 g/mol. The smallest absolute Gasteiger partial charge is 0.0738 e. The molecule has 0 fully saturated rings. The normalized spacial score (nSPS) is 10.7. The van der Waals surface area contributed by atoms with E-state index in [1.54, 1.807) is 0 Å². The number of aromatic nitrogens is 2. The average molecular weight is 296 g/mol. The first-order valence-corrected chi connectivity index (χ1v) is 5.83. The van der Waals surface area contributed by atoms with Crippen LogP contribution in [0.25, 0.3) is 0 Å². The Hall–Kier alpha value is 0.170. The van der Waals surface area contributed by atoms with Crippen LogP contribution in [0.15, 0.2) is 4.47 Å². The second kappa shape index (κ2) is 4.42. The molecular weight excluding hydrogens is 284 g/mol. The van der Waals surface area contributed by atoms with Gasteiger partial charge in [-0.1, -0.05) is 15.9 Å². The molecule has 0 radical (unpaired) electrons. The van der Waals surface area contributed by atoms with Gasteiger partial charge in [0.05, 0.1) is 10.2 Å². The van der Waals surface area contributed by atoms with E-state index in [2.05, 4.69) is 43.9 Å². The zero-order chi connectivity index (χ0) is 9.14. The van der Waals surface area contributed by atoms with Crippen molar-refractivity contribution in [1.82, 2.24) is 9.78 Å². The highest BCUT2D eigenvalue weighted by Crippen LogP contribution is 2.19. The summed E-state index contributed by atoms with van der Waals surface area (Å²) in [7, 11) is 0. The van der Waals surface area contributed by atoms with Crippen molar-refractivity contribution in [1.29, 1.82) is 0 Å². The second-order valence-corrected chi connectivity index (χ2v) is 4.34. The van der Waals surface area contributed by atoms with Gasteiger partial charge in [0.15, 0.2) is 0 Å². The summed E-state index contributed by atoms with van der Waals surface area (Å²) in [5.74, 6) is 0. The molecule has 1 aromatic heterocycles. The van der Waals surface area contributed by atoms with Gasteiger partial charge in [0.1, 0.15) is 0 Å². The number of nitrogens with zero attached hydrogens (tertiary/aromatic N) is 2. The highest BCUT2D eigenvalue weighted by molar-refractivity contribution is 9.10. The number of alkyl halides is 1. The maximum atomic E-state index is 4.40. The molecule has 0 spiro atoms. The quantitative estimate of drug-likeness (QED) is 0.784. The molecule has 0 aliphatic heterocycles. The van der Waals surface area contributed by atoms with E-state index >= 15 is 0 Å². The third-order valence-electron chi connectivity index (χ3n) is 1.80. The van der Waals surface area contributed by atoms with E-state index in [-0.39, 0.29) is 0 Å². The fourth-order valence-corrected chi connectivity index (χ4v) is 1.64. The summed E-state index contributed by atoms with van der Waals surface area (Å²) in [6, 6.07) is 0. The average Bonchev–Trinajstić information content (AvgIpc) is 2.30. The molecule has 12 heavy (non-hydrogen) atoms. The van der Waals surface area contributed by atoms with Gasteiger partial charge in [-0.2, -0.15) is 5.10 Å². The minimum Gasteiger partial charge on any atom is -0.268 e. The van der Waals surface area contributed by atoms with E-state index in [4.69, 9.17) is 0 Å². The van der Waals surface area contributed by atoms with Gasteiger partial charge in [0, 0.05) is 17.6 Å². The maximum absolute atomic E-state index is 4.40. The third kappa shape index (κ3) is 2.10. The number of rotatable bonds is 3. The summed E-state index contributed by atoms with van der Waals surface area (Å²) in [4.78, 5) is 0. The van der Waals surface area contributed by atoms with E-state index in [0.717, 1.165) is 28.5 Å².